The molecule has 0 spiro atoms. The molecule has 29 heavy (non-hydrogen) atoms. The lowest BCUT2D eigenvalue weighted by Gasteiger charge is -2.34. The molecule has 2 unspecified atom stereocenters. The van der Waals surface area contributed by atoms with Crippen LogP contribution in [0.15, 0.2) is 23.1 Å². The number of hydrogen-bond donors (Lipinski definition) is 2. The molecule has 0 bridgehead atoms. The number of nitrogens with one attached hydrogen (secondary N) is 1. The Morgan fingerprint density at radius 1 is 1.14 bits per heavy atom. The van der Waals surface area contributed by atoms with E-state index in [0.717, 1.165) is 17.1 Å². The Morgan fingerprint density at radius 3 is 2.21 bits per heavy atom. The number of carbonyl (C=O) groups excluding carboxylic acids is 1. The van der Waals surface area contributed by atoms with Gasteiger partial charge in [-0.1, -0.05) is 49.9 Å². The quantitative estimate of drug-likeness (QED) is 0.643. The first-order valence-electron chi connectivity index (χ1n) is 9.42. The van der Waals surface area contributed by atoms with E-state index in [0.29, 0.717) is 12.8 Å². The third kappa shape index (κ3) is 5.63. The second-order valence-corrected chi connectivity index (χ2v) is 10.5. The standard InChI is InChI=1S/C19H26Cl2N2O5S/c1-11(2)17(18(24)22-16-7-5-4-6-15(16)19(25)26)23(3)29(27,28)14-9-12(20)8-13(21)10-14/h8-11,15-17H,4-7H2,1-3H3,(H,22,24)(H,25,26)/t15?,16?,17-/m0/s1. The van der Waals surface area contributed by atoms with Crippen LogP contribution in [0.5, 0.6) is 0 Å². The molecule has 1 aromatic rings. The van der Waals surface area contributed by atoms with Crippen molar-refractivity contribution in [3.63, 3.8) is 0 Å². The molecule has 1 amide bonds. The van der Waals surface area contributed by atoms with Crippen LogP contribution in [0.1, 0.15) is 39.5 Å². The van der Waals surface area contributed by atoms with Gasteiger partial charge in [0.1, 0.15) is 6.04 Å². The van der Waals surface area contributed by atoms with E-state index in [-0.39, 0.29) is 20.9 Å². The lowest BCUT2D eigenvalue weighted by molar-refractivity contribution is -0.144. The van der Waals surface area contributed by atoms with Gasteiger partial charge in [-0.3, -0.25) is 9.59 Å². The van der Waals surface area contributed by atoms with Gasteiger partial charge in [0.2, 0.25) is 15.9 Å². The summed E-state index contributed by atoms with van der Waals surface area (Å²) < 4.78 is 27.2. The van der Waals surface area contributed by atoms with Gasteiger partial charge in [0.25, 0.3) is 0 Å². The van der Waals surface area contributed by atoms with Gasteiger partial charge in [0.15, 0.2) is 0 Å². The number of halogens is 2. The molecule has 0 heterocycles. The normalized spacial score (nSPS) is 21.2. The zero-order valence-corrected chi connectivity index (χ0v) is 18.9. The van der Waals surface area contributed by atoms with E-state index in [9.17, 15) is 23.1 Å². The Bertz CT molecular complexity index is 855. The Morgan fingerprint density at radius 2 is 1.69 bits per heavy atom. The van der Waals surface area contributed by atoms with Crippen molar-refractivity contribution in [1.29, 1.82) is 0 Å². The Hall–Kier alpha value is -1.35. The van der Waals surface area contributed by atoms with Crippen LogP contribution in [0.2, 0.25) is 10.0 Å². The van der Waals surface area contributed by atoms with Gasteiger partial charge in [-0.15, -0.1) is 0 Å². The summed E-state index contributed by atoms with van der Waals surface area (Å²) in [5.74, 6) is -2.49. The molecule has 0 aromatic heterocycles. The first-order valence-corrected chi connectivity index (χ1v) is 11.6. The largest absolute Gasteiger partial charge is 0.481 e. The van der Waals surface area contributed by atoms with Crippen molar-refractivity contribution in [2.45, 2.75) is 56.5 Å². The molecule has 0 saturated heterocycles. The van der Waals surface area contributed by atoms with Gasteiger partial charge in [0, 0.05) is 23.1 Å². The number of aliphatic carboxylic acids is 1. The smallest absolute Gasteiger partial charge is 0.308 e. The van der Waals surface area contributed by atoms with Crippen LogP contribution in [-0.4, -0.2) is 48.8 Å². The molecule has 1 aliphatic rings. The van der Waals surface area contributed by atoms with Crippen LogP contribution in [0.25, 0.3) is 0 Å². The fourth-order valence-electron chi connectivity index (χ4n) is 3.75. The number of rotatable bonds is 7. The molecule has 3 atom stereocenters. The van der Waals surface area contributed by atoms with E-state index in [1.807, 2.05) is 0 Å². The predicted octanol–water partition coefficient (Wildman–Crippen LogP) is 3.40. The molecular weight excluding hydrogens is 439 g/mol. The monoisotopic (exact) mass is 464 g/mol. The second-order valence-electron chi connectivity index (χ2n) is 7.66. The SMILES string of the molecule is CC(C)[C@@H](C(=O)NC1CCCCC1C(=O)O)N(C)S(=O)(=O)c1cc(Cl)cc(Cl)c1. The topological polar surface area (TPSA) is 104 Å². The molecule has 7 nitrogen and oxygen atoms in total. The van der Waals surface area contributed by atoms with Crippen LogP contribution >= 0.6 is 23.2 Å². The van der Waals surface area contributed by atoms with Crippen molar-refractivity contribution < 1.29 is 23.1 Å². The summed E-state index contributed by atoms with van der Waals surface area (Å²) >= 11 is 11.9. The van der Waals surface area contributed by atoms with E-state index in [1.54, 1.807) is 13.8 Å². The third-order valence-electron chi connectivity index (χ3n) is 5.22. The highest BCUT2D eigenvalue weighted by molar-refractivity contribution is 7.89. The van der Waals surface area contributed by atoms with Crippen LogP contribution < -0.4 is 5.32 Å². The average Bonchev–Trinajstić information content (AvgIpc) is 2.60. The second kappa shape index (κ2) is 9.64. The van der Waals surface area contributed by atoms with Crippen LogP contribution in [-0.2, 0) is 19.6 Å². The van der Waals surface area contributed by atoms with Crippen molar-refractivity contribution in [1.82, 2.24) is 9.62 Å². The van der Waals surface area contributed by atoms with Crippen molar-refractivity contribution in [3.05, 3.63) is 28.2 Å². The number of benzene rings is 1. The number of hydrogen-bond acceptors (Lipinski definition) is 4. The fourth-order valence-corrected chi connectivity index (χ4v) is 5.93. The number of nitrogens with zero attached hydrogens (tertiary/aromatic N) is 1. The van der Waals surface area contributed by atoms with Crippen molar-refractivity contribution >= 4 is 45.1 Å². The number of sulfonamides is 1. The summed E-state index contributed by atoms with van der Waals surface area (Å²) in [6.45, 7) is 3.47. The van der Waals surface area contributed by atoms with Crippen LogP contribution in [0, 0.1) is 11.8 Å². The van der Waals surface area contributed by atoms with Crippen molar-refractivity contribution in [3.8, 4) is 0 Å². The average molecular weight is 465 g/mol. The molecule has 2 N–H and O–H groups in total. The zero-order valence-electron chi connectivity index (χ0n) is 16.6. The molecule has 10 heteroatoms. The van der Waals surface area contributed by atoms with Crippen LogP contribution in [0.4, 0.5) is 0 Å². The fraction of sp³-hybridized carbons (Fsp3) is 0.579. The highest BCUT2D eigenvalue weighted by atomic mass is 35.5. The lowest BCUT2D eigenvalue weighted by atomic mass is 9.84. The molecular formula is C19H26Cl2N2O5S. The Kier molecular flexibility index (Phi) is 7.95. The van der Waals surface area contributed by atoms with Gasteiger partial charge in [0.05, 0.1) is 10.8 Å². The highest BCUT2D eigenvalue weighted by Gasteiger charge is 2.38. The summed E-state index contributed by atoms with van der Waals surface area (Å²) in [5.41, 5.74) is 0. The minimum atomic E-state index is -4.06. The van der Waals surface area contributed by atoms with E-state index >= 15 is 0 Å². The van der Waals surface area contributed by atoms with Gasteiger partial charge < -0.3 is 10.4 Å². The van der Waals surface area contributed by atoms with Crippen molar-refractivity contribution in [2.75, 3.05) is 7.05 Å². The van der Waals surface area contributed by atoms with Gasteiger partial charge in [-0.25, -0.2) is 8.42 Å². The molecule has 0 radical (unpaired) electrons. The predicted molar refractivity (Wildman–Crippen MR) is 112 cm³/mol. The molecule has 1 aliphatic carbocycles. The number of carboxylic acid groups (broad SMARTS) is 1. The first-order chi connectivity index (χ1) is 13.4. The maximum absolute atomic E-state index is 13.1. The third-order valence-corrected chi connectivity index (χ3v) is 7.47. The summed E-state index contributed by atoms with van der Waals surface area (Å²) in [6, 6.07) is 2.43. The van der Waals surface area contributed by atoms with E-state index < -0.39 is 39.9 Å². The van der Waals surface area contributed by atoms with Gasteiger partial charge in [-0.2, -0.15) is 4.31 Å². The molecule has 1 saturated carbocycles. The molecule has 2 rings (SSSR count). The van der Waals surface area contributed by atoms with E-state index in [2.05, 4.69) is 5.32 Å². The Labute approximate surface area is 181 Å². The molecule has 162 valence electrons. The summed E-state index contributed by atoms with van der Waals surface area (Å²) in [5, 5.41) is 12.5. The first kappa shape index (κ1) is 23.9. The minimum Gasteiger partial charge on any atom is -0.481 e. The zero-order chi connectivity index (χ0) is 21.9. The molecule has 0 aliphatic heterocycles. The maximum Gasteiger partial charge on any atom is 0.308 e. The maximum atomic E-state index is 13.1. The number of carbonyl (C=O) groups is 2. The Balaban J connectivity index is 2.29. The van der Waals surface area contributed by atoms with Gasteiger partial charge >= 0.3 is 5.97 Å². The molecule has 1 fully saturated rings. The van der Waals surface area contributed by atoms with Crippen LogP contribution in [0.3, 0.4) is 0 Å². The highest BCUT2D eigenvalue weighted by Crippen LogP contribution is 2.28. The summed E-state index contributed by atoms with van der Waals surface area (Å²) in [4.78, 5) is 24.4. The summed E-state index contributed by atoms with van der Waals surface area (Å²) in [6.07, 6.45) is 2.65. The van der Waals surface area contributed by atoms with Gasteiger partial charge in [-0.05, 0) is 37.0 Å². The lowest BCUT2D eigenvalue weighted by Crippen LogP contribution is -2.55. The summed E-state index contributed by atoms with van der Waals surface area (Å²) in [7, 11) is -2.73. The number of carboxylic acids is 1. The molecule has 1 aromatic carbocycles. The minimum absolute atomic E-state index is 0.114. The van der Waals surface area contributed by atoms with E-state index in [1.165, 1.54) is 25.2 Å². The number of likely N-dealkylation sites (N-methyl/N-ethyl adjacent to an activating group) is 1. The van der Waals surface area contributed by atoms with Crippen molar-refractivity contribution in [2.24, 2.45) is 11.8 Å². The number of amides is 1. The van der Waals surface area contributed by atoms with E-state index in [4.69, 9.17) is 23.2 Å².